The monoisotopic (exact) mass is 233 g/mol. The van der Waals surface area contributed by atoms with Crippen molar-refractivity contribution in [2.24, 2.45) is 0 Å². The molecule has 0 aliphatic rings. The lowest BCUT2D eigenvalue weighted by Gasteiger charge is -2.25. The second-order valence-corrected chi connectivity index (χ2v) is 6.27. The van der Waals surface area contributed by atoms with E-state index in [2.05, 4.69) is 47.6 Å². The number of hydrogen-bond donors (Lipinski definition) is 1. The molecule has 16 heavy (non-hydrogen) atoms. The molecule has 0 aliphatic carbocycles. The van der Waals surface area contributed by atoms with Crippen LogP contribution in [0.4, 0.5) is 0 Å². The fourth-order valence-corrected chi connectivity index (χ4v) is 1.48. The van der Waals surface area contributed by atoms with Crippen LogP contribution in [0.5, 0.6) is 5.75 Å². The summed E-state index contributed by atoms with van der Waals surface area (Å²) in [5, 5.41) is 9.72. The molecule has 0 spiro atoms. The van der Waals surface area contributed by atoms with Gasteiger partial charge in [-0.3, -0.25) is 0 Å². The summed E-state index contributed by atoms with van der Waals surface area (Å²) in [5.41, 5.74) is 2.54. The van der Waals surface area contributed by atoms with Gasteiger partial charge in [-0.25, -0.2) is 0 Å². The highest BCUT2D eigenvalue weighted by molar-refractivity contribution is 5.75. The van der Waals surface area contributed by atoms with Gasteiger partial charge in [0, 0.05) is 17.4 Å². The summed E-state index contributed by atoms with van der Waals surface area (Å²) >= 11 is 0. The maximum Gasteiger partial charge on any atom is 0.116 e. The Morgan fingerprint density at radius 3 is 1.31 bits per heavy atom. The predicted octanol–water partition coefficient (Wildman–Crippen LogP) is 3.61. The molecule has 0 aliphatic heterocycles. The van der Waals surface area contributed by atoms with E-state index in [-0.39, 0.29) is 28.2 Å². The van der Waals surface area contributed by atoms with Crippen LogP contribution in [0, 0.1) is 0 Å². The summed E-state index contributed by atoms with van der Waals surface area (Å²) in [6, 6.07) is 5.91. The van der Waals surface area contributed by atoms with Crippen molar-refractivity contribution in [3.63, 3.8) is 0 Å². The maximum absolute atomic E-state index is 9.72. The molecule has 0 saturated carbocycles. The third kappa shape index (κ3) is 3.85. The highest BCUT2D eigenvalue weighted by Crippen LogP contribution is 2.32. The van der Waals surface area contributed by atoms with Gasteiger partial charge in [-0.1, -0.05) is 47.6 Å². The topological polar surface area (TPSA) is 20.2 Å². The summed E-state index contributed by atoms with van der Waals surface area (Å²) in [6.45, 7) is 13.0. The van der Waals surface area contributed by atoms with Crippen molar-refractivity contribution >= 4 is 17.4 Å². The van der Waals surface area contributed by atoms with E-state index < -0.39 is 0 Å². The largest absolute Gasteiger partial charge is 0.508 e. The van der Waals surface area contributed by atoms with Crippen molar-refractivity contribution < 1.29 is 5.11 Å². The van der Waals surface area contributed by atoms with E-state index >= 15 is 0 Å². The fourth-order valence-electron chi connectivity index (χ4n) is 1.48. The molecule has 0 saturated heterocycles. The molecule has 1 nitrogen and oxygen atoms in total. The molecule has 0 unspecified atom stereocenters. The Balaban J connectivity index is 0.00000225. The van der Waals surface area contributed by atoms with Gasteiger partial charge >= 0.3 is 0 Å². The Bertz CT molecular complexity index is 324. The third-order valence-corrected chi connectivity index (χ3v) is 2.65. The van der Waals surface area contributed by atoms with Crippen LogP contribution in [0.3, 0.4) is 0 Å². The van der Waals surface area contributed by atoms with E-state index in [1.807, 2.05) is 12.1 Å². The first-order valence-corrected chi connectivity index (χ1v) is 5.46. The van der Waals surface area contributed by atoms with Crippen molar-refractivity contribution in [1.82, 2.24) is 0 Å². The highest BCUT2D eigenvalue weighted by Gasteiger charge is 2.20. The van der Waals surface area contributed by atoms with Crippen molar-refractivity contribution in [3.8, 4) is 5.75 Å². The molecular weight excluding hydrogens is 211 g/mol. The zero-order chi connectivity index (χ0) is 11.9. The molecule has 87 valence electrons. The van der Waals surface area contributed by atoms with Crippen molar-refractivity contribution in [1.29, 1.82) is 0 Å². The van der Waals surface area contributed by atoms with Gasteiger partial charge in [-0.2, -0.15) is 0 Å². The summed E-state index contributed by atoms with van der Waals surface area (Å²) in [7, 11) is 0. The number of rotatable bonds is 0. The molecular formula is C14H22AlO. The Hall–Kier alpha value is -0.448. The number of phenols is 1. The maximum atomic E-state index is 9.72. The van der Waals surface area contributed by atoms with Crippen molar-refractivity contribution in [3.05, 3.63) is 29.3 Å². The highest BCUT2D eigenvalue weighted by atomic mass is 27.0. The SMILES string of the molecule is CC(C)(C)c1cc(O)cc(C(C)(C)C)c1.[Al]. The average molecular weight is 233 g/mol. The first-order chi connectivity index (χ1) is 6.60. The molecule has 1 aromatic carbocycles. The Morgan fingerprint density at radius 1 is 0.750 bits per heavy atom. The van der Waals surface area contributed by atoms with Crippen molar-refractivity contribution in [2.45, 2.75) is 52.4 Å². The van der Waals surface area contributed by atoms with Crippen molar-refractivity contribution in [2.75, 3.05) is 0 Å². The van der Waals surface area contributed by atoms with Crippen LogP contribution in [0.25, 0.3) is 0 Å². The smallest absolute Gasteiger partial charge is 0.116 e. The summed E-state index contributed by atoms with van der Waals surface area (Å²) in [6.07, 6.45) is 0. The molecule has 2 heteroatoms. The molecule has 0 aromatic heterocycles. The van der Waals surface area contributed by atoms with Gasteiger partial charge in [-0.15, -0.1) is 0 Å². The molecule has 0 amide bonds. The molecule has 0 heterocycles. The van der Waals surface area contributed by atoms with Gasteiger partial charge in [0.05, 0.1) is 0 Å². The predicted molar refractivity (Wildman–Crippen MR) is 71.3 cm³/mol. The van der Waals surface area contributed by atoms with Gasteiger partial charge in [0.1, 0.15) is 5.75 Å². The van der Waals surface area contributed by atoms with Gasteiger partial charge in [0.15, 0.2) is 0 Å². The molecule has 0 bridgehead atoms. The number of phenolic OH excluding ortho intramolecular Hbond substituents is 1. The van der Waals surface area contributed by atoms with Crippen LogP contribution in [0.2, 0.25) is 0 Å². The molecule has 1 aromatic rings. The van der Waals surface area contributed by atoms with E-state index in [4.69, 9.17) is 0 Å². The summed E-state index contributed by atoms with van der Waals surface area (Å²) in [4.78, 5) is 0. The zero-order valence-electron chi connectivity index (χ0n) is 11.3. The first-order valence-electron chi connectivity index (χ1n) is 5.46. The Kier molecular flexibility index (Phi) is 4.68. The molecule has 3 radical (unpaired) electrons. The first kappa shape index (κ1) is 15.6. The van der Waals surface area contributed by atoms with Gasteiger partial charge in [0.2, 0.25) is 0 Å². The van der Waals surface area contributed by atoms with Crippen LogP contribution < -0.4 is 0 Å². The lowest BCUT2D eigenvalue weighted by atomic mass is 9.80. The molecule has 1 N–H and O–H groups in total. The van der Waals surface area contributed by atoms with Crippen LogP contribution in [-0.4, -0.2) is 22.5 Å². The molecule has 0 atom stereocenters. The average Bonchev–Trinajstić information content (AvgIpc) is 1.99. The number of benzene rings is 1. The summed E-state index contributed by atoms with van der Waals surface area (Å²) in [5.74, 6) is 0.368. The minimum Gasteiger partial charge on any atom is -0.508 e. The summed E-state index contributed by atoms with van der Waals surface area (Å²) < 4.78 is 0. The third-order valence-electron chi connectivity index (χ3n) is 2.65. The van der Waals surface area contributed by atoms with Crippen LogP contribution in [0.1, 0.15) is 52.7 Å². The van der Waals surface area contributed by atoms with E-state index in [1.165, 1.54) is 11.1 Å². The Labute approximate surface area is 110 Å². The number of aromatic hydroxyl groups is 1. The minimum atomic E-state index is 0. The Morgan fingerprint density at radius 2 is 1.06 bits per heavy atom. The minimum absolute atomic E-state index is 0. The number of hydrogen-bond acceptors (Lipinski definition) is 1. The lowest BCUT2D eigenvalue weighted by molar-refractivity contribution is 0.466. The second-order valence-electron chi connectivity index (χ2n) is 6.27. The fraction of sp³-hybridized carbons (Fsp3) is 0.571. The van der Waals surface area contributed by atoms with E-state index in [0.29, 0.717) is 5.75 Å². The van der Waals surface area contributed by atoms with E-state index in [9.17, 15) is 5.11 Å². The lowest BCUT2D eigenvalue weighted by Crippen LogP contribution is -2.15. The van der Waals surface area contributed by atoms with E-state index in [0.717, 1.165) is 0 Å². The van der Waals surface area contributed by atoms with Gasteiger partial charge in [0.25, 0.3) is 0 Å². The standard InChI is InChI=1S/C14H22O.Al/c1-13(2,3)10-7-11(14(4,5)6)9-12(15)8-10;/h7-9,15H,1-6H3;. The molecule has 1 rings (SSSR count). The quantitative estimate of drug-likeness (QED) is 0.679. The zero-order valence-corrected chi connectivity index (χ0v) is 12.4. The second kappa shape index (κ2) is 4.82. The van der Waals surface area contributed by atoms with E-state index in [1.54, 1.807) is 0 Å². The van der Waals surface area contributed by atoms with Crippen LogP contribution in [0.15, 0.2) is 18.2 Å². The van der Waals surface area contributed by atoms with Gasteiger partial charge < -0.3 is 5.11 Å². The normalized spacial score (nSPS) is 12.1. The van der Waals surface area contributed by atoms with Gasteiger partial charge in [-0.05, 0) is 34.1 Å². The van der Waals surface area contributed by atoms with Crippen LogP contribution in [-0.2, 0) is 10.8 Å². The molecule has 0 fully saturated rings. The van der Waals surface area contributed by atoms with Crippen LogP contribution >= 0.6 is 0 Å².